The molecule has 0 aromatic heterocycles. The van der Waals surface area contributed by atoms with Gasteiger partial charge in [0.15, 0.2) is 0 Å². The van der Waals surface area contributed by atoms with Gasteiger partial charge in [0.05, 0.1) is 0 Å². The molecular formula is C10H19Li. The van der Waals surface area contributed by atoms with E-state index in [1.807, 2.05) is 0 Å². The molecule has 0 spiro atoms. The third-order valence-electron chi connectivity index (χ3n) is 2.64. The Morgan fingerprint density at radius 1 is 1.18 bits per heavy atom. The first-order chi connectivity index (χ1) is 4.86. The van der Waals surface area contributed by atoms with Crippen LogP contribution < -0.4 is 18.9 Å². The Bertz CT molecular complexity index is 90.9. The van der Waals surface area contributed by atoms with Crippen molar-refractivity contribution in [2.24, 2.45) is 11.8 Å². The van der Waals surface area contributed by atoms with Crippen molar-refractivity contribution >= 4 is 0 Å². The average molecular weight is 146 g/mol. The minimum absolute atomic E-state index is 0. The minimum atomic E-state index is 0. The summed E-state index contributed by atoms with van der Waals surface area (Å²) in [6.07, 6.45) is 9.66. The van der Waals surface area contributed by atoms with Crippen molar-refractivity contribution in [2.75, 3.05) is 0 Å². The van der Waals surface area contributed by atoms with Gasteiger partial charge in [-0.05, 0) is 0 Å². The summed E-state index contributed by atoms with van der Waals surface area (Å²) in [5.74, 6) is 1.92. The average Bonchev–Trinajstić information content (AvgIpc) is 2.37. The second-order valence-corrected chi connectivity index (χ2v) is 3.49. The topological polar surface area (TPSA) is 0 Å². The molecule has 0 saturated heterocycles. The summed E-state index contributed by atoms with van der Waals surface area (Å²) in [7, 11) is 0. The molecule has 0 amide bonds. The van der Waals surface area contributed by atoms with Gasteiger partial charge in [0.25, 0.3) is 0 Å². The Labute approximate surface area is 83.3 Å². The van der Waals surface area contributed by atoms with E-state index < -0.39 is 0 Å². The number of rotatable bonds is 3. The maximum absolute atomic E-state index is 2.59. The summed E-state index contributed by atoms with van der Waals surface area (Å²) in [6.45, 7) is 4.59. The molecule has 1 aliphatic carbocycles. The molecular weight excluding hydrogens is 127 g/mol. The molecule has 1 aliphatic rings. The Morgan fingerprint density at radius 3 is 2.27 bits per heavy atom. The van der Waals surface area contributed by atoms with Crippen molar-refractivity contribution < 1.29 is 18.9 Å². The maximum Gasteiger partial charge on any atom is 1.00 e. The van der Waals surface area contributed by atoms with Gasteiger partial charge in [-0.2, -0.15) is 11.8 Å². The second kappa shape index (κ2) is 6.15. The summed E-state index contributed by atoms with van der Waals surface area (Å²) in [4.78, 5) is 0. The Kier molecular flexibility index (Phi) is 6.49. The van der Waals surface area contributed by atoms with Crippen LogP contribution in [0.15, 0.2) is 0 Å². The molecule has 1 fully saturated rings. The van der Waals surface area contributed by atoms with Crippen LogP contribution >= 0.6 is 0 Å². The Morgan fingerprint density at radius 2 is 1.82 bits per heavy atom. The van der Waals surface area contributed by atoms with Gasteiger partial charge in [0.2, 0.25) is 0 Å². The normalized spacial score (nSPS) is 30.0. The fraction of sp³-hybridized carbons (Fsp3) is 0.900. The standard InChI is InChI=1S/C10H19.Li/c1-3-5-10-7-6-9(4-2)8-10;/h8-10H,3-7H2,1-2H3;/q-1;+1. The largest absolute Gasteiger partial charge is 1.00 e. The molecule has 60 valence electrons. The SMILES string of the molecule is CCCC1[CH-]C(CC)CC1.[Li+]. The van der Waals surface area contributed by atoms with Crippen LogP contribution in [0.3, 0.4) is 0 Å². The fourth-order valence-electron chi connectivity index (χ4n) is 1.96. The van der Waals surface area contributed by atoms with Crippen LogP contribution in [0.5, 0.6) is 0 Å². The van der Waals surface area contributed by atoms with E-state index in [2.05, 4.69) is 20.3 Å². The zero-order valence-corrected chi connectivity index (χ0v) is 8.27. The summed E-state index contributed by atoms with van der Waals surface area (Å²) >= 11 is 0. The van der Waals surface area contributed by atoms with E-state index in [1.165, 1.54) is 32.1 Å². The van der Waals surface area contributed by atoms with Crippen molar-refractivity contribution in [2.45, 2.75) is 46.0 Å². The Balaban J connectivity index is 0.000001000. The summed E-state index contributed by atoms with van der Waals surface area (Å²) in [5, 5.41) is 0. The van der Waals surface area contributed by atoms with Gasteiger partial charge in [0, 0.05) is 0 Å². The van der Waals surface area contributed by atoms with E-state index in [1.54, 1.807) is 0 Å². The third-order valence-corrected chi connectivity index (χ3v) is 2.64. The Hall–Kier alpha value is 0.597. The van der Waals surface area contributed by atoms with Crippen molar-refractivity contribution in [3.05, 3.63) is 6.42 Å². The van der Waals surface area contributed by atoms with E-state index in [0.29, 0.717) is 0 Å². The van der Waals surface area contributed by atoms with Crippen molar-refractivity contribution in [1.29, 1.82) is 0 Å². The quantitative estimate of drug-likeness (QED) is 0.400. The number of hydrogen-bond donors (Lipinski definition) is 0. The summed E-state index contributed by atoms with van der Waals surface area (Å²) in [6, 6.07) is 0. The van der Waals surface area contributed by atoms with Crippen LogP contribution in [0.2, 0.25) is 0 Å². The van der Waals surface area contributed by atoms with E-state index in [-0.39, 0.29) is 18.9 Å². The molecule has 2 unspecified atom stereocenters. The third kappa shape index (κ3) is 3.68. The molecule has 1 heteroatoms. The molecule has 11 heavy (non-hydrogen) atoms. The van der Waals surface area contributed by atoms with Gasteiger partial charge in [-0.1, -0.05) is 46.0 Å². The molecule has 0 aromatic carbocycles. The zero-order chi connectivity index (χ0) is 7.40. The first-order valence-electron chi connectivity index (χ1n) is 4.71. The van der Waals surface area contributed by atoms with Crippen LogP contribution in [0.25, 0.3) is 0 Å². The summed E-state index contributed by atoms with van der Waals surface area (Å²) in [5.41, 5.74) is 0. The van der Waals surface area contributed by atoms with Gasteiger partial charge in [0.1, 0.15) is 0 Å². The van der Waals surface area contributed by atoms with Gasteiger partial charge < -0.3 is 6.42 Å². The molecule has 1 saturated carbocycles. The molecule has 0 bridgehead atoms. The fourth-order valence-corrected chi connectivity index (χ4v) is 1.96. The minimum Gasteiger partial charge on any atom is -0.322 e. The van der Waals surface area contributed by atoms with Crippen molar-refractivity contribution in [1.82, 2.24) is 0 Å². The van der Waals surface area contributed by atoms with E-state index in [0.717, 1.165) is 11.8 Å². The zero-order valence-electron chi connectivity index (χ0n) is 8.27. The molecule has 1 rings (SSSR count). The van der Waals surface area contributed by atoms with Gasteiger partial charge in [-0.15, -0.1) is 0 Å². The molecule has 2 atom stereocenters. The van der Waals surface area contributed by atoms with Gasteiger partial charge >= 0.3 is 18.9 Å². The molecule has 0 heterocycles. The van der Waals surface area contributed by atoms with Crippen molar-refractivity contribution in [3.63, 3.8) is 0 Å². The second-order valence-electron chi connectivity index (χ2n) is 3.49. The van der Waals surface area contributed by atoms with Crippen LogP contribution in [0.1, 0.15) is 46.0 Å². The van der Waals surface area contributed by atoms with Crippen LogP contribution in [0.4, 0.5) is 0 Å². The van der Waals surface area contributed by atoms with E-state index in [9.17, 15) is 0 Å². The summed E-state index contributed by atoms with van der Waals surface area (Å²) < 4.78 is 0. The maximum atomic E-state index is 2.59. The molecule has 0 nitrogen and oxygen atoms in total. The molecule has 0 aromatic rings. The molecule has 0 N–H and O–H groups in total. The first-order valence-corrected chi connectivity index (χ1v) is 4.71. The monoisotopic (exact) mass is 146 g/mol. The smallest absolute Gasteiger partial charge is 0.322 e. The van der Waals surface area contributed by atoms with E-state index >= 15 is 0 Å². The van der Waals surface area contributed by atoms with Crippen LogP contribution in [-0.4, -0.2) is 0 Å². The van der Waals surface area contributed by atoms with E-state index in [4.69, 9.17) is 0 Å². The predicted octanol–water partition coefficient (Wildman–Crippen LogP) is 0.431. The van der Waals surface area contributed by atoms with Crippen molar-refractivity contribution in [3.8, 4) is 0 Å². The molecule has 0 aliphatic heterocycles. The van der Waals surface area contributed by atoms with Crippen LogP contribution in [-0.2, 0) is 0 Å². The van der Waals surface area contributed by atoms with Gasteiger partial charge in [-0.25, -0.2) is 0 Å². The number of hydrogen-bond acceptors (Lipinski definition) is 0. The van der Waals surface area contributed by atoms with Gasteiger partial charge in [-0.3, -0.25) is 0 Å². The first kappa shape index (κ1) is 11.6. The molecule has 0 radical (unpaired) electrons. The van der Waals surface area contributed by atoms with Crippen LogP contribution in [0, 0.1) is 18.3 Å². The predicted molar refractivity (Wildman–Crippen MR) is 45.7 cm³/mol.